The number of likely N-dealkylation sites (tertiary alicyclic amines) is 1. The molecule has 156 valence electrons. The molecular formula is C23H30FN3O2. The highest BCUT2D eigenvalue weighted by Crippen LogP contribution is 2.19. The minimum Gasteiger partial charge on any atom is -0.489 e. The summed E-state index contributed by atoms with van der Waals surface area (Å²) in [6.07, 6.45) is 3.46. The van der Waals surface area contributed by atoms with Crippen LogP contribution in [0, 0.1) is 11.7 Å². The first-order valence-corrected chi connectivity index (χ1v) is 10.4. The smallest absolute Gasteiger partial charge is 0.319 e. The maximum atomic E-state index is 13.0. The number of anilines is 1. The van der Waals surface area contributed by atoms with E-state index >= 15 is 0 Å². The van der Waals surface area contributed by atoms with Gasteiger partial charge >= 0.3 is 6.03 Å². The van der Waals surface area contributed by atoms with Crippen LogP contribution in [0.15, 0.2) is 48.5 Å². The van der Waals surface area contributed by atoms with Crippen molar-refractivity contribution in [3.63, 3.8) is 0 Å². The number of amides is 2. The second-order valence-electron chi connectivity index (χ2n) is 7.56. The molecule has 3 rings (SSSR count). The number of rotatable bonds is 8. The molecule has 1 heterocycles. The number of carbonyl (C=O) groups excluding carboxylic acids is 1. The van der Waals surface area contributed by atoms with Crippen molar-refractivity contribution in [1.29, 1.82) is 0 Å². The molecule has 2 aromatic carbocycles. The first kappa shape index (κ1) is 21.1. The van der Waals surface area contributed by atoms with Crippen LogP contribution in [0.2, 0.25) is 0 Å². The minimum atomic E-state index is -0.266. The Morgan fingerprint density at radius 3 is 2.66 bits per heavy atom. The van der Waals surface area contributed by atoms with Gasteiger partial charge in [0, 0.05) is 18.3 Å². The average Bonchev–Trinajstić information content (AvgIpc) is 2.73. The molecule has 0 atom stereocenters. The molecule has 0 bridgehead atoms. The highest BCUT2D eigenvalue weighted by Gasteiger charge is 2.19. The Kier molecular flexibility index (Phi) is 7.87. The Hall–Kier alpha value is -2.60. The number of nitrogens with one attached hydrogen (secondary N) is 2. The number of ether oxygens (including phenoxy) is 1. The third kappa shape index (κ3) is 7.06. The van der Waals surface area contributed by atoms with E-state index in [1.807, 2.05) is 18.2 Å². The van der Waals surface area contributed by atoms with Crippen LogP contribution in [-0.4, -0.2) is 37.1 Å². The maximum absolute atomic E-state index is 13.0. The van der Waals surface area contributed by atoms with Gasteiger partial charge in [0.25, 0.3) is 0 Å². The average molecular weight is 400 g/mol. The van der Waals surface area contributed by atoms with Gasteiger partial charge < -0.3 is 20.3 Å². The number of halogens is 1. The number of benzene rings is 2. The topological polar surface area (TPSA) is 53.6 Å². The molecule has 29 heavy (non-hydrogen) atoms. The van der Waals surface area contributed by atoms with Crippen LogP contribution in [0.3, 0.4) is 0 Å². The van der Waals surface area contributed by atoms with E-state index in [9.17, 15) is 9.18 Å². The van der Waals surface area contributed by atoms with Gasteiger partial charge in [0.05, 0.1) is 0 Å². The lowest BCUT2D eigenvalue weighted by Crippen LogP contribution is -2.40. The van der Waals surface area contributed by atoms with Crippen LogP contribution in [0.4, 0.5) is 14.9 Å². The summed E-state index contributed by atoms with van der Waals surface area (Å²) in [4.78, 5) is 14.7. The molecule has 0 aliphatic carbocycles. The Morgan fingerprint density at radius 2 is 1.93 bits per heavy atom. The van der Waals surface area contributed by atoms with Crippen molar-refractivity contribution in [3.8, 4) is 5.75 Å². The molecule has 6 heteroatoms. The number of hydrogen-bond acceptors (Lipinski definition) is 3. The molecule has 0 aromatic heterocycles. The highest BCUT2D eigenvalue weighted by molar-refractivity contribution is 5.89. The summed E-state index contributed by atoms with van der Waals surface area (Å²) in [6, 6.07) is 13.3. The highest BCUT2D eigenvalue weighted by atomic mass is 19.1. The zero-order valence-corrected chi connectivity index (χ0v) is 17.0. The largest absolute Gasteiger partial charge is 0.489 e. The number of carbonyl (C=O) groups is 1. The monoisotopic (exact) mass is 399 g/mol. The van der Waals surface area contributed by atoms with Crippen LogP contribution >= 0.6 is 0 Å². The molecule has 2 amide bonds. The van der Waals surface area contributed by atoms with Gasteiger partial charge in [0.15, 0.2) is 0 Å². The molecule has 0 unspecified atom stereocenters. The molecule has 0 radical (unpaired) electrons. The number of urea groups is 1. The summed E-state index contributed by atoms with van der Waals surface area (Å²) in [5.41, 5.74) is 1.56. The van der Waals surface area contributed by atoms with E-state index < -0.39 is 0 Å². The summed E-state index contributed by atoms with van der Waals surface area (Å²) in [7, 11) is 0. The van der Waals surface area contributed by atoms with Crippen molar-refractivity contribution >= 4 is 11.7 Å². The van der Waals surface area contributed by atoms with Gasteiger partial charge in [-0.25, -0.2) is 9.18 Å². The van der Waals surface area contributed by atoms with Crippen molar-refractivity contribution in [1.82, 2.24) is 10.2 Å². The summed E-state index contributed by atoms with van der Waals surface area (Å²) in [5.74, 6) is 0.923. The molecule has 0 spiro atoms. The van der Waals surface area contributed by atoms with E-state index in [0.717, 1.165) is 31.5 Å². The zero-order chi connectivity index (χ0) is 20.5. The van der Waals surface area contributed by atoms with E-state index in [-0.39, 0.29) is 11.8 Å². The van der Waals surface area contributed by atoms with Crippen LogP contribution in [0.1, 0.15) is 31.7 Å². The molecule has 1 aliphatic rings. The standard InChI is InChI=1S/C23H30FN3O2/c1-2-12-27-13-10-18(11-14-27)16-25-23(28)26-21-4-3-5-22(15-21)29-17-19-6-8-20(24)9-7-19/h3-9,15,18H,2,10-14,16-17H2,1H3,(H2,25,26,28). The van der Waals surface area contributed by atoms with Crippen LogP contribution in [0.25, 0.3) is 0 Å². The van der Waals surface area contributed by atoms with E-state index in [0.29, 0.717) is 30.5 Å². The summed E-state index contributed by atoms with van der Waals surface area (Å²) < 4.78 is 18.7. The number of piperidine rings is 1. The molecule has 2 N–H and O–H groups in total. The second kappa shape index (κ2) is 10.8. The SMILES string of the molecule is CCCN1CCC(CNC(=O)Nc2cccc(OCc3ccc(F)cc3)c2)CC1. The van der Waals surface area contributed by atoms with E-state index in [1.54, 1.807) is 18.2 Å². The van der Waals surface area contributed by atoms with Gasteiger partial charge in [0.1, 0.15) is 18.2 Å². The minimum absolute atomic E-state index is 0.198. The molecular weight excluding hydrogens is 369 g/mol. The Bertz CT molecular complexity index is 774. The Morgan fingerprint density at radius 1 is 1.17 bits per heavy atom. The predicted octanol–water partition coefficient (Wildman–Crippen LogP) is 4.65. The molecule has 1 saturated heterocycles. The fourth-order valence-electron chi connectivity index (χ4n) is 3.55. The van der Waals surface area contributed by atoms with Crippen molar-refractivity contribution in [2.75, 3.05) is 31.5 Å². The lowest BCUT2D eigenvalue weighted by atomic mass is 9.97. The first-order chi connectivity index (χ1) is 14.1. The lowest BCUT2D eigenvalue weighted by Gasteiger charge is -2.31. The second-order valence-corrected chi connectivity index (χ2v) is 7.56. The lowest BCUT2D eigenvalue weighted by molar-refractivity contribution is 0.182. The molecule has 0 saturated carbocycles. The summed E-state index contributed by atoms with van der Waals surface area (Å²) in [6.45, 7) is 6.66. The fraction of sp³-hybridized carbons (Fsp3) is 0.435. The van der Waals surface area contributed by atoms with Gasteiger partial charge in [-0.2, -0.15) is 0 Å². The maximum Gasteiger partial charge on any atom is 0.319 e. The Balaban J connectivity index is 1.41. The van der Waals surface area contributed by atoms with Crippen LogP contribution < -0.4 is 15.4 Å². The summed E-state index contributed by atoms with van der Waals surface area (Å²) in [5, 5.41) is 5.85. The van der Waals surface area contributed by atoms with E-state index in [4.69, 9.17) is 4.74 Å². The van der Waals surface area contributed by atoms with Gasteiger partial charge in [-0.1, -0.05) is 25.1 Å². The van der Waals surface area contributed by atoms with Crippen molar-refractivity contribution in [3.05, 3.63) is 59.9 Å². The molecule has 1 fully saturated rings. The third-order valence-electron chi connectivity index (χ3n) is 5.21. The van der Waals surface area contributed by atoms with Gasteiger partial charge in [0.2, 0.25) is 0 Å². The molecule has 5 nitrogen and oxygen atoms in total. The van der Waals surface area contributed by atoms with Gasteiger partial charge in [-0.15, -0.1) is 0 Å². The van der Waals surface area contributed by atoms with Crippen molar-refractivity contribution < 1.29 is 13.9 Å². The van der Waals surface area contributed by atoms with E-state index in [2.05, 4.69) is 22.5 Å². The van der Waals surface area contributed by atoms with Crippen LogP contribution in [0.5, 0.6) is 5.75 Å². The summed E-state index contributed by atoms with van der Waals surface area (Å²) >= 11 is 0. The fourth-order valence-corrected chi connectivity index (χ4v) is 3.55. The molecule has 2 aromatic rings. The Labute approximate surface area is 172 Å². The van der Waals surface area contributed by atoms with Crippen LogP contribution in [-0.2, 0) is 6.61 Å². The van der Waals surface area contributed by atoms with Crippen molar-refractivity contribution in [2.45, 2.75) is 32.8 Å². The number of hydrogen-bond donors (Lipinski definition) is 2. The van der Waals surface area contributed by atoms with Gasteiger partial charge in [-0.05, 0) is 74.6 Å². The quantitative estimate of drug-likeness (QED) is 0.679. The normalized spacial score (nSPS) is 15.1. The molecule has 1 aliphatic heterocycles. The zero-order valence-electron chi connectivity index (χ0n) is 17.0. The third-order valence-corrected chi connectivity index (χ3v) is 5.21. The number of nitrogens with zero attached hydrogens (tertiary/aromatic N) is 1. The predicted molar refractivity (Wildman–Crippen MR) is 114 cm³/mol. The van der Waals surface area contributed by atoms with Crippen molar-refractivity contribution in [2.24, 2.45) is 5.92 Å². The first-order valence-electron chi connectivity index (χ1n) is 10.4. The van der Waals surface area contributed by atoms with E-state index in [1.165, 1.54) is 25.1 Å². The van der Waals surface area contributed by atoms with Gasteiger partial charge in [-0.3, -0.25) is 0 Å².